The summed E-state index contributed by atoms with van der Waals surface area (Å²) in [5.41, 5.74) is 1.39. The minimum absolute atomic E-state index is 0.551. The molecule has 1 unspecified atom stereocenters. The van der Waals surface area contributed by atoms with Crippen molar-refractivity contribution >= 4 is 0 Å². The van der Waals surface area contributed by atoms with Gasteiger partial charge >= 0.3 is 0 Å². The van der Waals surface area contributed by atoms with Crippen molar-refractivity contribution in [3.05, 3.63) is 48.3 Å². The number of rotatable bonds is 6. The Labute approximate surface area is 111 Å². The van der Waals surface area contributed by atoms with Gasteiger partial charge in [-0.3, -0.25) is 0 Å². The van der Waals surface area contributed by atoms with Crippen molar-refractivity contribution in [1.82, 2.24) is 9.80 Å². The van der Waals surface area contributed by atoms with Crippen molar-refractivity contribution in [1.29, 1.82) is 0 Å². The third-order valence-corrected chi connectivity index (χ3v) is 3.60. The second-order valence-electron chi connectivity index (χ2n) is 4.91. The van der Waals surface area contributed by atoms with Gasteiger partial charge in [0.2, 0.25) is 0 Å². The fraction of sp³-hybridized carbons (Fsp3) is 0.500. The highest BCUT2D eigenvalue weighted by Crippen LogP contribution is 2.22. The Hall–Kier alpha value is -1.44. The topological polar surface area (TPSA) is 6.48 Å². The van der Waals surface area contributed by atoms with E-state index in [0.717, 1.165) is 13.1 Å². The summed E-state index contributed by atoms with van der Waals surface area (Å²) in [4.78, 5) is 4.91. The van der Waals surface area contributed by atoms with Gasteiger partial charge in [0, 0.05) is 25.5 Å². The Morgan fingerprint density at radius 1 is 1.00 bits per heavy atom. The zero-order valence-electron chi connectivity index (χ0n) is 11.5. The molecule has 0 aromatic heterocycles. The third-order valence-electron chi connectivity index (χ3n) is 3.60. The Morgan fingerprint density at radius 2 is 1.72 bits per heavy atom. The quantitative estimate of drug-likeness (QED) is 0.750. The van der Waals surface area contributed by atoms with Crippen LogP contribution in [0, 0.1) is 0 Å². The van der Waals surface area contributed by atoms with Crippen LogP contribution in [-0.4, -0.2) is 22.5 Å². The number of hydrogen-bond acceptors (Lipinski definition) is 2. The maximum absolute atomic E-state index is 2.47. The number of hydrogen-bond donors (Lipinski definition) is 0. The van der Waals surface area contributed by atoms with Crippen LogP contribution in [-0.2, 0) is 6.54 Å². The maximum Gasteiger partial charge on any atom is 0.101 e. The molecule has 98 valence electrons. The summed E-state index contributed by atoms with van der Waals surface area (Å²) in [7, 11) is 0. The molecule has 1 aliphatic rings. The molecule has 0 amide bonds. The van der Waals surface area contributed by atoms with Gasteiger partial charge in [0.25, 0.3) is 0 Å². The minimum Gasteiger partial charge on any atom is -0.356 e. The van der Waals surface area contributed by atoms with E-state index in [1.54, 1.807) is 0 Å². The fourth-order valence-electron chi connectivity index (χ4n) is 2.55. The van der Waals surface area contributed by atoms with Crippen molar-refractivity contribution in [2.45, 2.75) is 45.8 Å². The van der Waals surface area contributed by atoms with Crippen LogP contribution in [0.3, 0.4) is 0 Å². The molecule has 0 N–H and O–H groups in total. The smallest absolute Gasteiger partial charge is 0.101 e. The van der Waals surface area contributed by atoms with E-state index in [0.29, 0.717) is 6.17 Å². The molecule has 0 fully saturated rings. The molecule has 1 aromatic rings. The van der Waals surface area contributed by atoms with E-state index in [4.69, 9.17) is 0 Å². The first kappa shape index (κ1) is 13.0. The average molecular weight is 244 g/mol. The van der Waals surface area contributed by atoms with Crippen LogP contribution in [0.15, 0.2) is 42.7 Å². The van der Waals surface area contributed by atoms with Crippen LogP contribution in [0.1, 0.15) is 38.7 Å². The first-order chi connectivity index (χ1) is 8.85. The molecule has 0 aliphatic carbocycles. The second-order valence-corrected chi connectivity index (χ2v) is 4.91. The highest BCUT2D eigenvalue weighted by atomic mass is 15.4. The van der Waals surface area contributed by atoms with Gasteiger partial charge < -0.3 is 9.80 Å². The Balaban J connectivity index is 2.00. The normalized spacial score (nSPS) is 18.7. The average Bonchev–Trinajstić information content (AvgIpc) is 2.79. The molecule has 0 saturated carbocycles. The molecule has 0 bridgehead atoms. The molecule has 1 atom stereocenters. The highest BCUT2D eigenvalue weighted by molar-refractivity contribution is 5.15. The molecule has 0 spiro atoms. The van der Waals surface area contributed by atoms with E-state index in [1.165, 1.54) is 24.8 Å². The summed E-state index contributed by atoms with van der Waals surface area (Å²) in [6.07, 6.45) is 8.86. The van der Waals surface area contributed by atoms with Gasteiger partial charge in [-0.2, -0.15) is 0 Å². The van der Waals surface area contributed by atoms with Crippen molar-refractivity contribution in [2.24, 2.45) is 0 Å². The molecule has 2 heteroatoms. The monoisotopic (exact) mass is 244 g/mol. The lowest BCUT2D eigenvalue weighted by Gasteiger charge is -2.32. The van der Waals surface area contributed by atoms with Gasteiger partial charge in [0.1, 0.15) is 6.17 Å². The Morgan fingerprint density at radius 3 is 2.39 bits per heavy atom. The number of nitrogens with zero attached hydrogens (tertiary/aromatic N) is 2. The summed E-state index contributed by atoms with van der Waals surface area (Å²) >= 11 is 0. The van der Waals surface area contributed by atoms with E-state index in [1.807, 2.05) is 0 Å². The summed E-state index contributed by atoms with van der Waals surface area (Å²) in [5.74, 6) is 0. The summed E-state index contributed by atoms with van der Waals surface area (Å²) in [6.45, 7) is 6.61. The van der Waals surface area contributed by atoms with Crippen molar-refractivity contribution in [3.63, 3.8) is 0 Å². The lowest BCUT2D eigenvalue weighted by Crippen LogP contribution is -2.38. The number of unbranched alkanes of at least 4 members (excludes halogenated alkanes) is 1. The molecule has 1 heterocycles. The van der Waals surface area contributed by atoms with Gasteiger partial charge in [0.15, 0.2) is 0 Å². The van der Waals surface area contributed by atoms with Crippen molar-refractivity contribution < 1.29 is 0 Å². The maximum atomic E-state index is 2.47. The molecular formula is C16H24N2. The van der Waals surface area contributed by atoms with E-state index in [-0.39, 0.29) is 0 Å². The Bertz CT molecular complexity index is 372. The summed E-state index contributed by atoms with van der Waals surface area (Å²) < 4.78 is 0. The highest BCUT2D eigenvalue weighted by Gasteiger charge is 2.24. The first-order valence-electron chi connectivity index (χ1n) is 7.09. The van der Waals surface area contributed by atoms with Crippen molar-refractivity contribution in [2.75, 3.05) is 6.54 Å². The van der Waals surface area contributed by atoms with E-state index in [9.17, 15) is 0 Å². The van der Waals surface area contributed by atoms with Gasteiger partial charge in [-0.1, -0.05) is 43.7 Å². The minimum atomic E-state index is 0.551. The fourth-order valence-corrected chi connectivity index (χ4v) is 2.55. The first-order valence-corrected chi connectivity index (χ1v) is 7.09. The van der Waals surface area contributed by atoms with E-state index < -0.39 is 0 Å². The lowest BCUT2D eigenvalue weighted by atomic mass is 10.1. The molecule has 1 aromatic carbocycles. The second kappa shape index (κ2) is 6.48. The van der Waals surface area contributed by atoms with Crippen molar-refractivity contribution in [3.8, 4) is 0 Å². The van der Waals surface area contributed by atoms with Crippen LogP contribution < -0.4 is 0 Å². The van der Waals surface area contributed by atoms with Crippen LogP contribution in [0.2, 0.25) is 0 Å². The van der Waals surface area contributed by atoms with Gasteiger partial charge in [-0.25, -0.2) is 0 Å². The largest absolute Gasteiger partial charge is 0.356 e. The standard InChI is InChI=1S/C16H24N2/c1-3-5-11-16-17(4-2)12-13-18(16)14-15-9-7-6-8-10-15/h6-10,12-13,16H,3-5,11,14H2,1-2H3. The van der Waals surface area contributed by atoms with Crippen LogP contribution in [0.4, 0.5) is 0 Å². The predicted octanol–water partition coefficient (Wildman–Crippen LogP) is 3.81. The van der Waals surface area contributed by atoms with Crippen LogP contribution in [0.25, 0.3) is 0 Å². The molecular weight excluding hydrogens is 220 g/mol. The molecule has 1 aliphatic heterocycles. The zero-order chi connectivity index (χ0) is 12.8. The molecule has 0 saturated heterocycles. The Kier molecular flexibility index (Phi) is 4.68. The SMILES string of the molecule is CCCCC1N(CC)C=CN1Cc1ccccc1. The summed E-state index contributed by atoms with van der Waals surface area (Å²) in [5, 5.41) is 0. The molecule has 2 nitrogen and oxygen atoms in total. The van der Waals surface area contributed by atoms with Crippen LogP contribution >= 0.6 is 0 Å². The van der Waals surface area contributed by atoms with E-state index in [2.05, 4.69) is 66.4 Å². The molecule has 0 radical (unpaired) electrons. The van der Waals surface area contributed by atoms with Gasteiger partial charge in [-0.05, 0) is 25.3 Å². The third kappa shape index (κ3) is 3.06. The number of benzene rings is 1. The zero-order valence-corrected chi connectivity index (χ0v) is 11.5. The van der Waals surface area contributed by atoms with Gasteiger partial charge in [-0.15, -0.1) is 0 Å². The summed E-state index contributed by atoms with van der Waals surface area (Å²) in [6, 6.07) is 10.7. The van der Waals surface area contributed by atoms with E-state index >= 15 is 0 Å². The lowest BCUT2D eigenvalue weighted by molar-refractivity contribution is 0.139. The van der Waals surface area contributed by atoms with Crippen LogP contribution in [0.5, 0.6) is 0 Å². The molecule has 2 rings (SSSR count). The molecule has 18 heavy (non-hydrogen) atoms. The predicted molar refractivity (Wildman–Crippen MR) is 76.8 cm³/mol. The van der Waals surface area contributed by atoms with Gasteiger partial charge in [0.05, 0.1) is 0 Å².